The Balaban J connectivity index is 2.00. The van der Waals surface area contributed by atoms with Crippen LogP contribution in [-0.4, -0.2) is 35.1 Å². The van der Waals surface area contributed by atoms with Crippen molar-refractivity contribution < 1.29 is 9.90 Å². The van der Waals surface area contributed by atoms with Gasteiger partial charge in [-0.15, -0.1) is 0 Å². The molecule has 1 saturated heterocycles. The first-order chi connectivity index (χ1) is 10.1. The Morgan fingerprint density at radius 2 is 2.24 bits per heavy atom. The van der Waals surface area contributed by atoms with Gasteiger partial charge in [0.05, 0.1) is 11.8 Å². The number of benzene rings is 1. The number of rotatable bonds is 5. The number of likely N-dealkylation sites (tertiary alicyclic amines) is 1. The van der Waals surface area contributed by atoms with E-state index in [2.05, 4.69) is 10.4 Å². The van der Waals surface area contributed by atoms with Gasteiger partial charge in [0.15, 0.2) is 0 Å². The summed E-state index contributed by atoms with van der Waals surface area (Å²) >= 11 is 0. The van der Waals surface area contributed by atoms with E-state index in [-0.39, 0.29) is 5.91 Å². The van der Waals surface area contributed by atoms with Crippen molar-refractivity contribution >= 4 is 11.6 Å². The molecule has 3 N–H and O–H groups in total. The highest BCUT2D eigenvalue weighted by atomic mass is 16.3. The topological polar surface area (TPSA) is 88.8 Å². The van der Waals surface area contributed by atoms with E-state index in [9.17, 15) is 9.90 Å². The van der Waals surface area contributed by atoms with Crippen LogP contribution in [0.15, 0.2) is 41.3 Å². The number of amides is 1. The zero-order valence-corrected chi connectivity index (χ0v) is 12.0. The van der Waals surface area contributed by atoms with E-state index >= 15 is 0 Å². The van der Waals surface area contributed by atoms with Gasteiger partial charge in [-0.05, 0) is 37.1 Å². The third-order valence-corrected chi connectivity index (χ3v) is 3.49. The fraction of sp³-hybridized carbons (Fsp3) is 0.400. The van der Waals surface area contributed by atoms with Crippen molar-refractivity contribution in [3.8, 4) is 0 Å². The molecule has 1 atom stereocenters. The van der Waals surface area contributed by atoms with Crippen LogP contribution in [0.2, 0.25) is 0 Å². The lowest BCUT2D eigenvalue weighted by Gasteiger charge is -2.15. The molecule has 0 spiro atoms. The lowest BCUT2D eigenvalue weighted by Crippen LogP contribution is -2.29. The minimum Gasteiger partial charge on any atom is -0.391 e. The second-order valence-electron chi connectivity index (χ2n) is 5.02. The first-order valence-electron chi connectivity index (χ1n) is 7.04. The van der Waals surface area contributed by atoms with Gasteiger partial charge in [-0.25, -0.2) is 5.53 Å². The number of nitrogens with one attached hydrogen (secondary N) is 2. The monoisotopic (exact) mass is 288 g/mol. The van der Waals surface area contributed by atoms with Crippen LogP contribution < -0.4 is 5.32 Å². The van der Waals surface area contributed by atoms with Crippen LogP contribution in [0.1, 0.15) is 30.1 Å². The van der Waals surface area contributed by atoms with Gasteiger partial charge in [-0.3, -0.25) is 4.79 Å². The van der Waals surface area contributed by atoms with Gasteiger partial charge in [-0.1, -0.05) is 6.92 Å². The molecule has 0 radical (unpaired) electrons. The van der Waals surface area contributed by atoms with Crippen molar-refractivity contribution in [2.45, 2.75) is 25.9 Å². The summed E-state index contributed by atoms with van der Waals surface area (Å²) in [5.74, 6) is -0.0518. The van der Waals surface area contributed by atoms with Crippen molar-refractivity contribution in [3.63, 3.8) is 0 Å². The molecule has 6 heteroatoms. The van der Waals surface area contributed by atoms with Crippen LogP contribution in [-0.2, 0) is 0 Å². The van der Waals surface area contributed by atoms with E-state index in [0.29, 0.717) is 37.2 Å². The molecule has 1 fully saturated rings. The average molecular weight is 288 g/mol. The normalized spacial score (nSPS) is 18.7. The first kappa shape index (κ1) is 15.2. The quantitative estimate of drug-likeness (QED) is 0.727. The van der Waals surface area contributed by atoms with Crippen molar-refractivity contribution in [1.29, 1.82) is 5.53 Å². The van der Waals surface area contributed by atoms with Crippen LogP contribution in [0.3, 0.4) is 0 Å². The van der Waals surface area contributed by atoms with Gasteiger partial charge in [0.1, 0.15) is 0 Å². The molecule has 1 aromatic rings. The van der Waals surface area contributed by atoms with E-state index in [1.54, 1.807) is 23.2 Å². The number of hydrogen-bond acceptors (Lipinski definition) is 5. The molecule has 1 aromatic carbocycles. The molecule has 0 unspecified atom stereocenters. The maximum absolute atomic E-state index is 12.2. The van der Waals surface area contributed by atoms with Crippen LogP contribution >= 0.6 is 0 Å². The van der Waals surface area contributed by atoms with Gasteiger partial charge in [0, 0.05) is 30.5 Å². The van der Waals surface area contributed by atoms with E-state index in [4.69, 9.17) is 5.53 Å². The van der Waals surface area contributed by atoms with Crippen molar-refractivity contribution in [2.24, 2.45) is 5.11 Å². The van der Waals surface area contributed by atoms with Gasteiger partial charge in [0.25, 0.3) is 5.91 Å². The van der Waals surface area contributed by atoms with Gasteiger partial charge < -0.3 is 15.3 Å². The Bertz CT molecular complexity index is 539. The highest BCUT2D eigenvalue weighted by Gasteiger charge is 2.25. The Morgan fingerprint density at radius 3 is 2.76 bits per heavy atom. The summed E-state index contributed by atoms with van der Waals surface area (Å²) in [6.45, 7) is 2.94. The van der Waals surface area contributed by atoms with E-state index in [0.717, 1.165) is 5.69 Å². The van der Waals surface area contributed by atoms with Crippen molar-refractivity contribution in [1.82, 2.24) is 4.90 Å². The molecule has 1 aliphatic rings. The number of nitrogens with zero attached hydrogens (tertiary/aromatic N) is 2. The van der Waals surface area contributed by atoms with Crippen molar-refractivity contribution in [3.05, 3.63) is 41.7 Å². The Labute approximate surface area is 124 Å². The third-order valence-electron chi connectivity index (χ3n) is 3.49. The highest BCUT2D eigenvalue weighted by Crippen LogP contribution is 2.16. The number of anilines is 1. The molecule has 0 aromatic heterocycles. The molecule has 2 rings (SSSR count). The molecule has 0 saturated carbocycles. The standard InChI is InChI=1S/C15H20N4O2/c1-2-12(18-16)9-17-13-5-3-11(4-6-13)15(21)19-8-7-14(20)10-19/h3-6,9,14,16-17,20H,2,7-8,10H2,1H3/b12-9-,18-16?/t14-/m0/s1. The predicted molar refractivity (Wildman–Crippen MR) is 80.1 cm³/mol. The molecular formula is C15H20N4O2. The number of aliphatic hydroxyl groups is 1. The average Bonchev–Trinajstić information content (AvgIpc) is 2.95. The lowest BCUT2D eigenvalue weighted by atomic mass is 10.2. The summed E-state index contributed by atoms with van der Waals surface area (Å²) in [7, 11) is 0. The Hall–Kier alpha value is -2.21. The first-order valence-corrected chi connectivity index (χ1v) is 7.04. The minimum absolute atomic E-state index is 0.0518. The molecule has 21 heavy (non-hydrogen) atoms. The predicted octanol–water partition coefficient (Wildman–Crippen LogP) is 2.59. The van der Waals surface area contributed by atoms with Crippen LogP contribution in [0, 0.1) is 5.53 Å². The van der Waals surface area contributed by atoms with Gasteiger partial charge >= 0.3 is 0 Å². The summed E-state index contributed by atoms with van der Waals surface area (Å²) in [4.78, 5) is 13.9. The number of β-amino-alcohol motifs (C(OH)–C–C–N with tert-alkyl or cyclic N) is 1. The van der Waals surface area contributed by atoms with Crippen LogP contribution in [0.5, 0.6) is 0 Å². The zero-order valence-electron chi connectivity index (χ0n) is 12.0. The maximum atomic E-state index is 12.2. The second kappa shape index (κ2) is 6.99. The molecule has 1 amide bonds. The highest BCUT2D eigenvalue weighted by molar-refractivity contribution is 5.94. The number of allylic oxidation sites excluding steroid dienone is 1. The SMILES string of the molecule is CC/C(=C/Nc1ccc(C(=O)N2CC[C@H](O)C2)cc1)N=N. The third kappa shape index (κ3) is 3.88. The number of carbonyl (C=O) groups is 1. The largest absolute Gasteiger partial charge is 0.391 e. The van der Waals surface area contributed by atoms with Gasteiger partial charge in [0.2, 0.25) is 0 Å². The van der Waals surface area contributed by atoms with E-state index < -0.39 is 6.10 Å². The number of carbonyl (C=O) groups excluding carboxylic acids is 1. The molecule has 6 nitrogen and oxygen atoms in total. The fourth-order valence-electron chi connectivity index (χ4n) is 2.20. The van der Waals surface area contributed by atoms with E-state index in [1.165, 1.54) is 0 Å². The maximum Gasteiger partial charge on any atom is 0.253 e. The Kier molecular flexibility index (Phi) is 5.05. The summed E-state index contributed by atoms with van der Waals surface area (Å²) < 4.78 is 0. The van der Waals surface area contributed by atoms with Crippen molar-refractivity contribution in [2.75, 3.05) is 18.4 Å². The second-order valence-corrected chi connectivity index (χ2v) is 5.02. The molecule has 1 heterocycles. The summed E-state index contributed by atoms with van der Waals surface area (Å²) in [6.07, 6.45) is 2.61. The van der Waals surface area contributed by atoms with E-state index in [1.807, 2.05) is 19.1 Å². The lowest BCUT2D eigenvalue weighted by molar-refractivity contribution is 0.0765. The molecule has 0 aliphatic carbocycles. The molecule has 112 valence electrons. The number of aliphatic hydroxyl groups excluding tert-OH is 1. The molecule has 1 aliphatic heterocycles. The Morgan fingerprint density at radius 1 is 1.52 bits per heavy atom. The van der Waals surface area contributed by atoms with Crippen LogP contribution in [0.4, 0.5) is 5.69 Å². The summed E-state index contributed by atoms with van der Waals surface area (Å²) in [5, 5.41) is 15.9. The summed E-state index contributed by atoms with van der Waals surface area (Å²) in [5.41, 5.74) is 9.07. The smallest absolute Gasteiger partial charge is 0.253 e. The fourth-order valence-corrected chi connectivity index (χ4v) is 2.20. The minimum atomic E-state index is -0.402. The number of hydrogen-bond donors (Lipinski definition) is 3. The zero-order chi connectivity index (χ0) is 15.2. The van der Waals surface area contributed by atoms with Crippen LogP contribution in [0.25, 0.3) is 0 Å². The summed E-state index contributed by atoms with van der Waals surface area (Å²) in [6, 6.07) is 7.14. The van der Waals surface area contributed by atoms with Gasteiger partial charge in [-0.2, -0.15) is 5.11 Å². The molecular weight excluding hydrogens is 268 g/mol. The molecule has 0 bridgehead atoms.